The van der Waals surface area contributed by atoms with Crippen LogP contribution in [-0.2, 0) is 46.6 Å². The Labute approximate surface area is 240 Å². The molecule has 2 aromatic carbocycles. The molecule has 0 saturated carbocycles. The zero-order chi connectivity index (χ0) is 31.3. The predicted molar refractivity (Wildman–Crippen MR) is 141 cm³/mol. The lowest BCUT2D eigenvalue weighted by Gasteiger charge is -2.28. The standard InChI is InChI=1S/C28H32F3N3O8/c1-4-40-26(38)21(28(29,30)31)22(23(35)32-17(2)24(36)41-15-19-11-7-5-8-12-19)34-27(39)33-18(3)25(37)42-16-20-13-9-6-10-14-20/h5-14,17-18,21-22H,4,15-16H2,1-3H3,(H,32,35)(H2,33,34,39)/t17-,18+,21?,22?/m0/s1. The lowest BCUT2D eigenvalue weighted by molar-refractivity contribution is -0.203. The van der Waals surface area contributed by atoms with Crippen molar-refractivity contribution < 1.29 is 51.4 Å². The molecule has 14 heteroatoms. The van der Waals surface area contributed by atoms with Gasteiger partial charge in [0.1, 0.15) is 31.3 Å². The Hall–Kier alpha value is -4.62. The first kappa shape index (κ1) is 33.6. The monoisotopic (exact) mass is 595 g/mol. The minimum atomic E-state index is -5.35. The third-order valence-electron chi connectivity index (χ3n) is 5.66. The highest BCUT2D eigenvalue weighted by Gasteiger charge is 2.54. The summed E-state index contributed by atoms with van der Waals surface area (Å²) in [5.41, 5.74) is 1.27. The molecule has 4 atom stereocenters. The SMILES string of the molecule is CCOC(=O)C(C(NC(=O)N[C@H](C)C(=O)OCc1ccccc1)C(=O)N[C@@H](C)C(=O)OCc1ccccc1)C(F)(F)F. The molecule has 0 bridgehead atoms. The van der Waals surface area contributed by atoms with Crippen molar-refractivity contribution in [1.82, 2.24) is 16.0 Å². The fraction of sp³-hybridized carbons (Fsp3) is 0.393. The number of esters is 3. The van der Waals surface area contributed by atoms with Gasteiger partial charge in [0.15, 0.2) is 5.92 Å². The number of urea groups is 1. The van der Waals surface area contributed by atoms with Crippen LogP contribution in [0.1, 0.15) is 31.9 Å². The molecule has 0 radical (unpaired) electrons. The van der Waals surface area contributed by atoms with E-state index < -0.39 is 66.7 Å². The highest BCUT2D eigenvalue weighted by molar-refractivity contribution is 5.94. The van der Waals surface area contributed by atoms with Crippen LogP contribution in [0.5, 0.6) is 0 Å². The number of ether oxygens (including phenoxy) is 3. The van der Waals surface area contributed by atoms with Crippen LogP contribution in [0, 0.1) is 5.92 Å². The second kappa shape index (κ2) is 16.0. The van der Waals surface area contributed by atoms with Crippen molar-refractivity contribution in [1.29, 1.82) is 0 Å². The zero-order valence-corrected chi connectivity index (χ0v) is 23.1. The molecule has 0 spiro atoms. The first-order chi connectivity index (χ1) is 19.8. The number of hydrogen-bond acceptors (Lipinski definition) is 8. The van der Waals surface area contributed by atoms with Gasteiger partial charge in [0.25, 0.3) is 0 Å². The molecular weight excluding hydrogens is 563 g/mol. The number of hydrogen-bond donors (Lipinski definition) is 3. The van der Waals surface area contributed by atoms with E-state index in [0.717, 1.165) is 6.92 Å². The van der Waals surface area contributed by atoms with E-state index in [-0.39, 0.29) is 13.2 Å². The lowest BCUT2D eigenvalue weighted by Crippen LogP contribution is -2.61. The number of nitrogens with one attached hydrogen (secondary N) is 3. The zero-order valence-electron chi connectivity index (χ0n) is 23.1. The predicted octanol–water partition coefficient (Wildman–Crippen LogP) is 2.78. The van der Waals surface area contributed by atoms with Crippen molar-refractivity contribution >= 4 is 29.8 Å². The Bertz CT molecular complexity index is 1210. The first-order valence-electron chi connectivity index (χ1n) is 12.8. The molecule has 0 aromatic heterocycles. The molecule has 0 heterocycles. The number of amides is 3. The molecular formula is C28H32F3N3O8. The largest absolute Gasteiger partial charge is 0.465 e. The maximum Gasteiger partial charge on any atom is 0.404 e. The third kappa shape index (κ3) is 10.7. The van der Waals surface area contributed by atoms with Gasteiger partial charge in [-0.2, -0.15) is 13.2 Å². The van der Waals surface area contributed by atoms with E-state index in [2.05, 4.69) is 10.1 Å². The fourth-order valence-corrected chi connectivity index (χ4v) is 3.50. The average molecular weight is 596 g/mol. The van der Waals surface area contributed by atoms with Crippen LogP contribution in [0.4, 0.5) is 18.0 Å². The third-order valence-corrected chi connectivity index (χ3v) is 5.66. The van der Waals surface area contributed by atoms with E-state index in [9.17, 15) is 37.1 Å². The number of carbonyl (C=O) groups is 5. The van der Waals surface area contributed by atoms with Crippen LogP contribution in [0.25, 0.3) is 0 Å². The van der Waals surface area contributed by atoms with Gasteiger partial charge in [-0.1, -0.05) is 60.7 Å². The molecule has 2 aromatic rings. The highest BCUT2D eigenvalue weighted by Crippen LogP contribution is 2.30. The summed E-state index contributed by atoms with van der Waals surface area (Å²) >= 11 is 0. The minimum absolute atomic E-state index is 0.129. The molecule has 0 aliphatic carbocycles. The normalized spacial score (nSPS) is 13.9. The molecule has 0 fully saturated rings. The second-order valence-corrected chi connectivity index (χ2v) is 9.01. The summed E-state index contributed by atoms with van der Waals surface area (Å²) in [6.45, 7) is 2.87. The lowest BCUT2D eigenvalue weighted by atomic mass is 9.97. The van der Waals surface area contributed by atoms with E-state index in [1.54, 1.807) is 66.0 Å². The molecule has 3 amide bonds. The maximum atomic E-state index is 14.0. The van der Waals surface area contributed by atoms with E-state index in [4.69, 9.17) is 9.47 Å². The topological polar surface area (TPSA) is 149 Å². The Morgan fingerprint density at radius 1 is 0.690 bits per heavy atom. The summed E-state index contributed by atoms with van der Waals surface area (Å²) in [6.07, 6.45) is -5.35. The quantitative estimate of drug-likeness (QED) is 0.237. The Balaban J connectivity index is 2.13. The van der Waals surface area contributed by atoms with Gasteiger partial charge in [0.05, 0.1) is 6.61 Å². The van der Waals surface area contributed by atoms with Crippen molar-refractivity contribution in [3.63, 3.8) is 0 Å². The van der Waals surface area contributed by atoms with E-state index in [1.165, 1.54) is 13.8 Å². The highest BCUT2D eigenvalue weighted by atomic mass is 19.4. The molecule has 11 nitrogen and oxygen atoms in total. The molecule has 2 rings (SSSR count). The first-order valence-corrected chi connectivity index (χ1v) is 12.8. The minimum Gasteiger partial charge on any atom is -0.465 e. The molecule has 0 saturated heterocycles. The van der Waals surface area contributed by atoms with Gasteiger partial charge in [-0.3, -0.25) is 9.59 Å². The molecule has 3 N–H and O–H groups in total. The number of alkyl halides is 3. The van der Waals surface area contributed by atoms with E-state index in [0.29, 0.717) is 11.1 Å². The molecule has 0 aliphatic heterocycles. The molecule has 0 aliphatic rings. The summed E-state index contributed by atoms with van der Waals surface area (Å²) < 4.78 is 56.6. The van der Waals surface area contributed by atoms with Gasteiger partial charge in [-0.05, 0) is 31.9 Å². The van der Waals surface area contributed by atoms with Crippen LogP contribution >= 0.6 is 0 Å². The Kier molecular flexibility index (Phi) is 12.8. The Morgan fingerprint density at radius 3 is 1.57 bits per heavy atom. The number of rotatable bonds is 13. The molecule has 42 heavy (non-hydrogen) atoms. The summed E-state index contributed by atoms with van der Waals surface area (Å²) in [5.74, 6) is -8.40. The fourth-order valence-electron chi connectivity index (χ4n) is 3.50. The van der Waals surface area contributed by atoms with Crippen LogP contribution in [0.15, 0.2) is 60.7 Å². The number of halogens is 3. The number of carbonyl (C=O) groups excluding carboxylic acids is 5. The molecule has 2 unspecified atom stereocenters. The second-order valence-electron chi connectivity index (χ2n) is 9.01. The summed E-state index contributed by atoms with van der Waals surface area (Å²) in [4.78, 5) is 62.6. The van der Waals surface area contributed by atoms with E-state index in [1.807, 2.05) is 5.32 Å². The maximum absolute atomic E-state index is 14.0. The van der Waals surface area contributed by atoms with Gasteiger partial charge < -0.3 is 30.2 Å². The van der Waals surface area contributed by atoms with Crippen LogP contribution in [0.3, 0.4) is 0 Å². The molecule has 228 valence electrons. The van der Waals surface area contributed by atoms with Gasteiger partial charge in [0, 0.05) is 0 Å². The van der Waals surface area contributed by atoms with Crippen molar-refractivity contribution in [2.24, 2.45) is 5.92 Å². The number of benzene rings is 2. The van der Waals surface area contributed by atoms with Gasteiger partial charge in [-0.15, -0.1) is 0 Å². The summed E-state index contributed by atoms with van der Waals surface area (Å²) in [5, 5.41) is 5.89. The van der Waals surface area contributed by atoms with Crippen molar-refractivity contribution in [2.75, 3.05) is 6.61 Å². The van der Waals surface area contributed by atoms with Crippen LogP contribution in [-0.4, -0.2) is 60.8 Å². The summed E-state index contributed by atoms with van der Waals surface area (Å²) in [7, 11) is 0. The van der Waals surface area contributed by atoms with Gasteiger partial charge >= 0.3 is 30.1 Å². The van der Waals surface area contributed by atoms with Crippen LogP contribution in [0.2, 0.25) is 0 Å². The van der Waals surface area contributed by atoms with Crippen molar-refractivity contribution in [3.8, 4) is 0 Å². The van der Waals surface area contributed by atoms with Gasteiger partial charge in [-0.25, -0.2) is 14.4 Å². The smallest absolute Gasteiger partial charge is 0.404 e. The van der Waals surface area contributed by atoms with E-state index >= 15 is 0 Å². The van der Waals surface area contributed by atoms with Crippen molar-refractivity contribution in [2.45, 2.75) is 58.3 Å². The average Bonchev–Trinajstić information content (AvgIpc) is 2.94. The summed E-state index contributed by atoms with van der Waals surface area (Å²) in [6, 6.07) is 10.3. The van der Waals surface area contributed by atoms with Crippen molar-refractivity contribution in [3.05, 3.63) is 71.8 Å². The Morgan fingerprint density at radius 2 is 1.14 bits per heavy atom. The van der Waals surface area contributed by atoms with Gasteiger partial charge in [0.2, 0.25) is 5.91 Å². The van der Waals surface area contributed by atoms with Crippen LogP contribution < -0.4 is 16.0 Å².